The SMILES string of the molecule is CNC1CCN(C(=O)c2ccc(Br)cc2C(F)(F)F)C1. The number of nitrogens with one attached hydrogen (secondary N) is 1. The molecule has 110 valence electrons. The van der Waals surface area contributed by atoms with E-state index in [1.807, 2.05) is 0 Å². The summed E-state index contributed by atoms with van der Waals surface area (Å²) in [7, 11) is 1.78. The van der Waals surface area contributed by atoms with Crippen molar-refractivity contribution in [3.05, 3.63) is 33.8 Å². The van der Waals surface area contributed by atoms with Crippen LogP contribution in [-0.4, -0.2) is 37.0 Å². The van der Waals surface area contributed by atoms with Crippen LogP contribution in [0.15, 0.2) is 22.7 Å². The molecule has 1 unspecified atom stereocenters. The second-order valence-corrected chi connectivity index (χ2v) is 5.63. The van der Waals surface area contributed by atoms with E-state index in [1.165, 1.54) is 17.0 Å². The van der Waals surface area contributed by atoms with Crippen molar-refractivity contribution in [3.8, 4) is 0 Å². The van der Waals surface area contributed by atoms with Gasteiger partial charge >= 0.3 is 6.18 Å². The van der Waals surface area contributed by atoms with Gasteiger partial charge < -0.3 is 10.2 Å². The van der Waals surface area contributed by atoms with E-state index in [-0.39, 0.29) is 11.6 Å². The Morgan fingerprint density at radius 2 is 2.15 bits per heavy atom. The molecule has 0 saturated carbocycles. The van der Waals surface area contributed by atoms with Crippen LogP contribution in [0.1, 0.15) is 22.3 Å². The van der Waals surface area contributed by atoms with Gasteiger partial charge in [-0.25, -0.2) is 0 Å². The van der Waals surface area contributed by atoms with Gasteiger partial charge in [0.25, 0.3) is 5.91 Å². The molecule has 20 heavy (non-hydrogen) atoms. The Hall–Kier alpha value is -1.08. The predicted molar refractivity (Wildman–Crippen MR) is 72.5 cm³/mol. The number of likely N-dealkylation sites (tertiary alicyclic amines) is 1. The van der Waals surface area contributed by atoms with Gasteiger partial charge in [0, 0.05) is 23.6 Å². The Balaban J connectivity index is 2.31. The molecule has 0 bridgehead atoms. The standard InChI is InChI=1S/C13H14BrF3N2O/c1-18-9-4-5-19(7-9)12(20)10-3-2-8(14)6-11(10)13(15,16)17/h2-3,6,9,18H,4-5,7H2,1H3. The minimum Gasteiger partial charge on any atom is -0.337 e. The van der Waals surface area contributed by atoms with Crippen LogP contribution in [0, 0.1) is 0 Å². The third kappa shape index (κ3) is 3.15. The number of amides is 1. The van der Waals surface area contributed by atoms with Crippen molar-refractivity contribution < 1.29 is 18.0 Å². The monoisotopic (exact) mass is 350 g/mol. The number of carbonyl (C=O) groups excluding carboxylic acids is 1. The lowest BCUT2D eigenvalue weighted by molar-refractivity contribution is -0.138. The highest BCUT2D eigenvalue weighted by atomic mass is 79.9. The number of hydrogen-bond donors (Lipinski definition) is 1. The van der Waals surface area contributed by atoms with E-state index in [1.54, 1.807) is 7.05 Å². The third-order valence-corrected chi connectivity index (χ3v) is 3.89. The molecule has 1 heterocycles. The summed E-state index contributed by atoms with van der Waals surface area (Å²) in [5.74, 6) is -0.567. The zero-order chi connectivity index (χ0) is 14.9. The Morgan fingerprint density at radius 1 is 1.45 bits per heavy atom. The molecule has 1 aliphatic heterocycles. The van der Waals surface area contributed by atoms with Crippen molar-refractivity contribution >= 4 is 21.8 Å². The van der Waals surface area contributed by atoms with Crippen molar-refractivity contribution in [2.75, 3.05) is 20.1 Å². The van der Waals surface area contributed by atoms with Crippen LogP contribution in [0.25, 0.3) is 0 Å². The topological polar surface area (TPSA) is 32.3 Å². The molecule has 1 atom stereocenters. The van der Waals surface area contributed by atoms with E-state index >= 15 is 0 Å². The van der Waals surface area contributed by atoms with E-state index in [0.717, 1.165) is 12.5 Å². The van der Waals surface area contributed by atoms with Gasteiger partial charge in [0.15, 0.2) is 0 Å². The van der Waals surface area contributed by atoms with Gasteiger partial charge in [-0.05, 0) is 31.7 Å². The highest BCUT2D eigenvalue weighted by Gasteiger charge is 2.37. The molecule has 0 aromatic heterocycles. The summed E-state index contributed by atoms with van der Waals surface area (Å²) < 4.78 is 39.3. The lowest BCUT2D eigenvalue weighted by Gasteiger charge is -2.19. The molecule has 1 aliphatic rings. The summed E-state index contributed by atoms with van der Waals surface area (Å²) in [6.45, 7) is 0.903. The molecule has 1 aromatic rings. The quantitative estimate of drug-likeness (QED) is 0.889. The molecule has 0 radical (unpaired) electrons. The van der Waals surface area contributed by atoms with Gasteiger partial charge in [-0.1, -0.05) is 15.9 Å². The summed E-state index contributed by atoms with van der Waals surface area (Å²) in [5, 5.41) is 3.03. The van der Waals surface area contributed by atoms with Crippen LogP contribution < -0.4 is 5.32 Å². The molecular formula is C13H14BrF3N2O. The van der Waals surface area contributed by atoms with E-state index < -0.39 is 17.6 Å². The van der Waals surface area contributed by atoms with Crippen molar-refractivity contribution in [1.29, 1.82) is 0 Å². The van der Waals surface area contributed by atoms with Crippen LogP contribution in [0.5, 0.6) is 0 Å². The lowest BCUT2D eigenvalue weighted by Crippen LogP contribution is -2.34. The van der Waals surface area contributed by atoms with E-state index in [4.69, 9.17) is 0 Å². The highest BCUT2D eigenvalue weighted by Crippen LogP contribution is 2.34. The van der Waals surface area contributed by atoms with Crippen LogP contribution in [-0.2, 0) is 6.18 Å². The first-order valence-corrected chi connectivity index (χ1v) is 6.95. The number of alkyl halides is 3. The molecule has 1 amide bonds. The summed E-state index contributed by atoms with van der Waals surface area (Å²) in [6, 6.07) is 3.76. The predicted octanol–water partition coefficient (Wildman–Crippen LogP) is 2.90. The summed E-state index contributed by atoms with van der Waals surface area (Å²) in [6.07, 6.45) is -3.79. The molecule has 7 heteroatoms. The molecule has 1 fully saturated rings. The fraction of sp³-hybridized carbons (Fsp3) is 0.462. The molecule has 2 rings (SSSR count). The van der Waals surface area contributed by atoms with E-state index in [2.05, 4.69) is 21.2 Å². The van der Waals surface area contributed by atoms with Gasteiger partial charge in [0.2, 0.25) is 0 Å². The molecule has 1 N–H and O–H groups in total. The lowest BCUT2D eigenvalue weighted by atomic mass is 10.1. The molecule has 3 nitrogen and oxygen atoms in total. The third-order valence-electron chi connectivity index (χ3n) is 3.40. The molecule has 0 spiro atoms. The Labute approximate surface area is 123 Å². The van der Waals surface area contributed by atoms with Gasteiger partial charge in [-0.2, -0.15) is 13.2 Å². The smallest absolute Gasteiger partial charge is 0.337 e. The highest BCUT2D eigenvalue weighted by molar-refractivity contribution is 9.10. The molecule has 0 aliphatic carbocycles. The Kier molecular flexibility index (Phi) is 4.39. The first-order chi connectivity index (χ1) is 9.32. The minimum absolute atomic E-state index is 0.142. The molecular weight excluding hydrogens is 337 g/mol. The maximum Gasteiger partial charge on any atom is 0.417 e. The first-order valence-electron chi connectivity index (χ1n) is 6.16. The maximum atomic E-state index is 13.0. The van der Waals surface area contributed by atoms with Gasteiger partial charge in [-0.15, -0.1) is 0 Å². The van der Waals surface area contributed by atoms with Crippen LogP contribution >= 0.6 is 15.9 Å². The average Bonchev–Trinajstić information content (AvgIpc) is 2.85. The first kappa shape index (κ1) is 15.3. The number of hydrogen-bond acceptors (Lipinski definition) is 2. The fourth-order valence-corrected chi connectivity index (χ4v) is 2.65. The van der Waals surface area contributed by atoms with Crippen molar-refractivity contribution in [3.63, 3.8) is 0 Å². The number of benzene rings is 1. The van der Waals surface area contributed by atoms with Crippen molar-refractivity contribution in [2.45, 2.75) is 18.6 Å². The largest absolute Gasteiger partial charge is 0.417 e. The van der Waals surface area contributed by atoms with Crippen LogP contribution in [0.4, 0.5) is 13.2 Å². The summed E-state index contributed by atoms with van der Waals surface area (Å²) in [5.41, 5.74) is -1.19. The zero-order valence-corrected chi connectivity index (χ0v) is 12.4. The van der Waals surface area contributed by atoms with Crippen molar-refractivity contribution in [2.24, 2.45) is 0 Å². The normalized spacial score (nSPS) is 19.4. The Morgan fingerprint density at radius 3 is 2.70 bits per heavy atom. The minimum atomic E-state index is -4.54. The molecule has 1 saturated heterocycles. The number of halogens is 4. The maximum absolute atomic E-state index is 13.0. The summed E-state index contributed by atoms with van der Waals surface area (Å²) in [4.78, 5) is 13.7. The second-order valence-electron chi connectivity index (χ2n) is 4.71. The van der Waals surface area contributed by atoms with Crippen LogP contribution in [0.3, 0.4) is 0 Å². The van der Waals surface area contributed by atoms with Gasteiger partial charge in [-0.3, -0.25) is 4.79 Å². The van der Waals surface area contributed by atoms with Gasteiger partial charge in [0.05, 0.1) is 11.1 Å². The molecule has 1 aromatic carbocycles. The number of carbonyl (C=O) groups is 1. The average molecular weight is 351 g/mol. The summed E-state index contributed by atoms with van der Waals surface area (Å²) >= 11 is 3.01. The number of nitrogens with zero attached hydrogens (tertiary/aromatic N) is 1. The van der Waals surface area contributed by atoms with Gasteiger partial charge in [0.1, 0.15) is 0 Å². The second kappa shape index (κ2) is 5.73. The fourth-order valence-electron chi connectivity index (χ4n) is 2.29. The van der Waals surface area contributed by atoms with E-state index in [9.17, 15) is 18.0 Å². The van der Waals surface area contributed by atoms with E-state index in [0.29, 0.717) is 17.6 Å². The zero-order valence-electron chi connectivity index (χ0n) is 10.8. The van der Waals surface area contributed by atoms with Crippen LogP contribution in [0.2, 0.25) is 0 Å². The van der Waals surface area contributed by atoms with Crippen molar-refractivity contribution in [1.82, 2.24) is 10.2 Å². The number of rotatable bonds is 2. The number of likely N-dealkylation sites (N-methyl/N-ethyl adjacent to an activating group) is 1. The Bertz CT molecular complexity index is 519.